The van der Waals surface area contributed by atoms with Gasteiger partial charge in [0.2, 0.25) is 0 Å². The molecule has 0 atom stereocenters. The van der Waals surface area contributed by atoms with E-state index in [2.05, 4.69) is 0 Å². The van der Waals surface area contributed by atoms with Gasteiger partial charge in [-0.2, -0.15) is 0 Å². The van der Waals surface area contributed by atoms with E-state index in [1.807, 2.05) is 48.6 Å². The second-order valence-electron chi connectivity index (χ2n) is 7.70. The maximum absolute atomic E-state index is 12.1. The number of benzene rings is 1. The summed E-state index contributed by atoms with van der Waals surface area (Å²) in [5.41, 5.74) is 1.90. The van der Waals surface area contributed by atoms with Crippen LogP contribution in [0.25, 0.3) is 12.2 Å². The highest BCUT2D eigenvalue weighted by Gasteiger charge is 2.29. The van der Waals surface area contributed by atoms with E-state index in [-0.39, 0.29) is 39.3 Å². The van der Waals surface area contributed by atoms with Gasteiger partial charge < -0.3 is 18.9 Å². The summed E-state index contributed by atoms with van der Waals surface area (Å²) in [6.45, 7) is 7.57. The van der Waals surface area contributed by atoms with Crippen LogP contribution in [-0.4, -0.2) is 50.3 Å². The minimum atomic E-state index is -0.948. The summed E-state index contributed by atoms with van der Waals surface area (Å²) >= 11 is 0. The molecule has 0 saturated carbocycles. The lowest BCUT2D eigenvalue weighted by atomic mass is 10.0. The Balaban J connectivity index is 2.79. The maximum Gasteiger partial charge on any atom is 0.320 e. The first-order valence-corrected chi connectivity index (χ1v) is 12.5. The Morgan fingerprint density at radius 3 is 1.19 bits per heavy atom. The molecule has 1 aromatic rings. The molecule has 0 bridgehead atoms. The van der Waals surface area contributed by atoms with Crippen molar-refractivity contribution in [1.82, 2.24) is 0 Å². The molecule has 198 valence electrons. The van der Waals surface area contributed by atoms with Gasteiger partial charge in [0.15, 0.2) is 11.8 Å². The molecule has 0 fully saturated rings. The summed E-state index contributed by atoms with van der Waals surface area (Å²) in [7, 11) is 0. The Hall–Kier alpha value is -3.42. The second kappa shape index (κ2) is 17.9. The fourth-order valence-electron chi connectivity index (χ4n) is 3.40. The van der Waals surface area contributed by atoms with Crippen molar-refractivity contribution < 1.29 is 38.1 Å². The number of rotatable bonds is 16. The lowest BCUT2D eigenvalue weighted by Gasteiger charge is -2.13. The summed E-state index contributed by atoms with van der Waals surface area (Å²) in [4.78, 5) is 48.5. The van der Waals surface area contributed by atoms with Crippen molar-refractivity contribution in [2.45, 2.75) is 53.4 Å². The highest BCUT2D eigenvalue weighted by atomic mass is 16.6. The zero-order chi connectivity index (χ0) is 26.8. The second-order valence-corrected chi connectivity index (χ2v) is 7.70. The molecule has 0 aromatic heterocycles. The van der Waals surface area contributed by atoms with Crippen LogP contribution < -0.4 is 0 Å². The minimum Gasteiger partial charge on any atom is -0.465 e. The van der Waals surface area contributed by atoms with E-state index in [4.69, 9.17) is 18.9 Å². The van der Waals surface area contributed by atoms with Gasteiger partial charge in [0, 0.05) is 0 Å². The quantitative estimate of drug-likeness (QED) is 0.181. The summed E-state index contributed by atoms with van der Waals surface area (Å²) in [6.07, 6.45) is 9.19. The Labute approximate surface area is 213 Å². The third-order valence-corrected chi connectivity index (χ3v) is 5.12. The molecule has 1 aromatic carbocycles. The van der Waals surface area contributed by atoms with Crippen LogP contribution in [0.15, 0.2) is 36.4 Å². The summed E-state index contributed by atoms with van der Waals surface area (Å²) < 4.78 is 20.0. The molecule has 0 aliphatic rings. The lowest BCUT2D eigenvalue weighted by molar-refractivity contribution is -0.163. The van der Waals surface area contributed by atoms with Gasteiger partial charge in [0.05, 0.1) is 26.4 Å². The Morgan fingerprint density at radius 2 is 0.917 bits per heavy atom. The van der Waals surface area contributed by atoms with Crippen LogP contribution in [0.5, 0.6) is 0 Å². The van der Waals surface area contributed by atoms with Crippen LogP contribution in [-0.2, 0) is 38.1 Å². The first-order chi connectivity index (χ1) is 17.4. The van der Waals surface area contributed by atoms with E-state index in [9.17, 15) is 19.2 Å². The molecule has 0 saturated heterocycles. The summed E-state index contributed by atoms with van der Waals surface area (Å²) in [5.74, 6) is -4.19. The van der Waals surface area contributed by atoms with E-state index < -0.39 is 35.7 Å². The predicted molar refractivity (Wildman–Crippen MR) is 136 cm³/mol. The first-order valence-electron chi connectivity index (χ1n) is 12.5. The van der Waals surface area contributed by atoms with Crippen LogP contribution in [0.1, 0.15) is 64.5 Å². The van der Waals surface area contributed by atoms with Gasteiger partial charge in [-0.1, -0.05) is 48.6 Å². The van der Waals surface area contributed by atoms with Gasteiger partial charge in [0.1, 0.15) is 0 Å². The largest absolute Gasteiger partial charge is 0.465 e. The van der Waals surface area contributed by atoms with Crippen LogP contribution in [0.4, 0.5) is 0 Å². The summed E-state index contributed by atoms with van der Waals surface area (Å²) in [5, 5.41) is 0. The van der Waals surface area contributed by atoms with Crippen molar-refractivity contribution in [2.75, 3.05) is 26.4 Å². The topological polar surface area (TPSA) is 105 Å². The highest BCUT2D eigenvalue weighted by Crippen LogP contribution is 2.18. The molecule has 36 heavy (non-hydrogen) atoms. The molecule has 0 N–H and O–H groups in total. The molecule has 0 unspecified atom stereocenters. The molecule has 0 amide bonds. The zero-order valence-corrected chi connectivity index (χ0v) is 21.7. The molecule has 0 aliphatic heterocycles. The number of esters is 4. The molecular weight excluding hydrogens is 464 g/mol. The molecule has 0 spiro atoms. The fraction of sp³-hybridized carbons (Fsp3) is 0.500. The Morgan fingerprint density at radius 1 is 0.611 bits per heavy atom. The predicted octanol–water partition coefficient (Wildman–Crippen LogP) is 4.76. The lowest BCUT2D eigenvalue weighted by Crippen LogP contribution is -2.28. The van der Waals surface area contributed by atoms with Crippen molar-refractivity contribution in [3.8, 4) is 0 Å². The van der Waals surface area contributed by atoms with Crippen LogP contribution in [0.3, 0.4) is 0 Å². The monoisotopic (exact) mass is 502 g/mol. The number of allylic oxidation sites excluding steroid dienone is 2. The van der Waals surface area contributed by atoms with Gasteiger partial charge in [-0.05, 0) is 64.5 Å². The van der Waals surface area contributed by atoms with E-state index in [0.29, 0.717) is 12.8 Å². The van der Waals surface area contributed by atoms with Crippen molar-refractivity contribution >= 4 is 36.0 Å². The van der Waals surface area contributed by atoms with E-state index in [0.717, 1.165) is 11.1 Å². The highest BCUT2D eigenvalue weighted by molar-refractivity contribution is 5.95. The number of carbonyl (C=O) groups is 4. The Bertz CT molecular complexity index is 794. The number of ether oxygens (including phenoxy) is 4. The third-order valence-electron chi connectivity index (χ3n) is 5.12. The van der Waals surface area contributed by atoms with Gasteiger partial charge in [-0.25, -0.2) is 0 Å². The maximum atomic E-state index is 12.1. The smallest absolute Gasteiger partial charge is 0.320 e. The van der Waals surface area contributed by atoms with Crippen molar-refractivity contribution in [2.24, 2.45) is 11.8 Å². The van der Waals surface area contributed by atoms with E-state index >= 15 is 0 Å². The minimum absolute atomic E-state index is 0.199. The van der Waals surface area contributed by atoms with Gasteiger partial charge in [-0.3, -0.25) is 19.2 Å². The van der Waals surface area contributed by atoms with E-state index in [1.165, 1.54) is 0 Å². The molecule has 0 aliphatic carbocycles. The molecule has 0 radical (unpaired) electrons. The standard InChI is InChI=1S/C28H38O8/c1-5-33-25(29)23(26(30)34-6-2)19-13-11-17-21-15-9-10-16-22(21)18-12-14-20-24(27(31)35-7-3)28(32)36-8-4/h9-12,15-18,23-24H,5-8,13-14,19-20H2,1-4H3. The number of hydrogen-bond donors (Lipinski definition) is 0. The van der Waals surface area contributed by atoms with Crippen LogP contribution in [0, 0.1) is 11.8 Å². The average molecular weight is 503 g/mol. The van der Waals surface area contributed by atoms with Gasteiger partial charge in [-0.15, -0.1) is 0 Å². The van der Waals surface area contributed by atoms with Crippen molar-refractivity contribution in [3.63, 3.8) is 0 Å². The molecule has 1 rings (SSSR count). The molecule has 0 heterocycles. The molecule has 8 heteroatoms. The van der Waals surface area contributed by atoms with Crippen LogP contribution >= 0.6 is 0 Å². The zero-order valence-electron chi connectivity index (χ0n) is 21.7. The van der Waals surface area contributed by atoms with Crippen molar-refractivity contribution in [1.29, 1.82) is 0 Å². The van der Waals surface area contributed by atoms with E-state index in [1.54, 1.807) is 27.7 Å². The third kappa shape index (κ3) is 10.9. The average Bonchev–Trinajstić information content (AvgIpc) is 2.85. The molecule has 8 nitrogen and oxygen atoms in total. The van der Waals surface area contributed by atoms with Crippen molar-refractivity contribution in [3.05, 3.63) is 47.5 Å². The summed E-state index contributed by atoms with van der Waals surface area (Å²) in [6, 6.07) is 7.72. The SMILES string of the molecule is CCOC(=O)C(CCC=Cc1ccccc1C=CCCC(C(=O)OCC)C(=O)OCC)C(=O)OCC. The number of carbonyl (C=O) groups excluding carboxylic acids is 4. The van der Waals surface area contributed by atoms with Crippen LogP contribution in [0.2, 0.25) is 0 Å². The van der Waals surface area contributed by atoms with Gasteiger partial charge >= 0.3 is 23.9 Å². The van der Waals surface area contributed by atoms with Gasteiger partial charge in [0.25, 0.3) is 0 Å². The fourth-order valence-corrected chi connectivity index (χ4v) is 3.40. The Kier molecular flexibility index (Phi) is 15.2. The first kappa shape index (κ1) is 30.6. The molecular formula is C28H38O8. The number of hydrogen-bond acceptors (Lipinski definition) is 8. The normalized spacial score (nSPS) is 11.3.